The highest BCUT2D eigenvalue weighted by molar-refractivity contribution is 7.85. The fourth-order valence-electron chi connectivity index (χ4n) is 2.42. The summed E-state index contributed by atoms with van der Waals surface area (Å²) < 4.78 is 16.2. The van der Waals surface area contributed by atoms with Crippen LogP contribution in [-0.4, -0.2) is 78.0 Å². The summed E-state index contributed by atoms with van der Waals surface area (Å²) in [4.78, 5) is 4.81. The second-order valence-corrected chi connectivity index (χ2v) is 8.43. The SMILES string of the molecule is CC(C)(C)CN1CCS(=O)CC1.CCN1CCOCC1. The van der Waals surface area contributed by atoms with Crippen molar-refractivity contribution in [3.05, 3.63) is 0 Å². The number of rotatable bonds is 2. The lowest BCUT2D eigenvalue weighted by Gasteiger charge is -2.32. The van der Waals surface area contributed by atoms with Gasteiger partial charge in [0.2, 0.25) is 0 Å². The van der Waals surface area contributed by atoms with Crippen LogP contribution in [0.25, 0.3) is 0 Å². The number of nitrogens with zero attached hydrogens (tertiary/aromatic N) is 2. The van der Waals surface area contributed by atoms with Crippen LogP contribution >= 0.6 is 0 Å². The van der Waals surface area contributed by atoms with Gasteiger partial charge in [0.25, 0.3) is 0 Å². The summed E-state index contributed by atoms with van der Waals surface area (Å²) in [5.74, 6) is 1.74. The molecule has 0 amide bonds. The molecule has 2 aliphatic rings. The van der Waals surface area contributed by atoms with Crippen LogP contribution in [0.5, 0.6) is 0 Å². The number of morpholine rings is 1. The molecule has 0 spiro atoms. The number of hydrogen-bond donors (Lipinski definition) is 0. The molecule has 0 atom stereocenters. The Bertz CT molecular complexity index is 276. The molecule has 0 unspecified atom stereocenters. The zero-order chi connectivity index (χ0) is 15.0. The van der Waals surface area contributed by atoms with Crippen LogP contribution in [-0.2, 0) is 15.5 Å². The molecule has 2 fully saturated rings. The number of likely N-dealkylation sites (N-methyl/N-ethyl adjacent to an activating group) is 1. The Kier molecular flexibility index (Phi) is 8.25. The van der Waals surface area contributed by atoms with Crippen molar-refractivity contribution < 1.29 is 8.95 Å². The van der Waals surface area contributed by atoms with E-state index < -0.39 is 10.8 Å². The van der Waals surface area contributed by atoms with Crippen molar-refractivity contribution >= 4 is 10.8 Å². The highest BCUT2D eigenvalue weighted by Gasteiger charge is 2.20. The maximum atomic E-state index is 11.1. The molecule has 2 saturated heterocycles. The van der Waals surface area contributed by atoms with E-state index in [1.165, 1.54) is 6.54 Å². The zero-order valence-corrected chi connectivity index (χ0v) is 14.5. The molecule has 0 N–H and O–H groups in total. The average molecular weight is 305 g/mol. The minimum absolute atomic E-state index is 0.374. The summed E-state index contributed by atoms with van der Waals surface area (Å²) in [7, 11) is -0.531. The predicted molar refractivity (Wildman–Crippen MR) is 86.7 cm³/mol. The van der Waals surface area contributed by atoms with E-state index in [2.05, 4.69) is 37.5 Å². The Morgan fingerprint density at radius 1 is 1.00 bits per heavy atom. The van der Waals surface area contributed by atoms with Crippen LogP contribution < -0.4 is 0 Å². The normalized spacial score (nSPS) is 23.2. The van der Waals surface area contributed by atoms with Gasteiger partial charge in [0.1, 0.15) is 0 Å². The lowest BCUT2D eigenvalue weighted by atomic mass is 9.96. The number of hydrogen-bond acceptors (Lipinski definition) is 4. The number of ether oxygens (including phenoxy) is 1. The molecule has 2 aliphatic heterocycles. The van der Waals surface area contributed by atoms with Crippen molar-refractivity contribution in [1.82, 2.24) is 9.80 Å². The summed E-state index contributed by atoms with van der Waals surface area (Å²) in [6.07, 6.45) is 0. The van der Waals surface area contributed by atoms with Crippen LogP contribution in [0.1, 0.15) is 27.7 Å². The third-order valence-electron chi connectivity index (χ3n) is 3.52. The first-order chi connectivity index (χ1) is 9.40. The van der Waals surface area contributed by atoms with Crippen molar-refractivity contribution in [3.63, 3.8) is 0 Å². The van der Waals surface area contributed by atoms with Gasteiger partial charge in [-0.3, -0.25) is 9.11 Å². The zero-order valence-electron chi connectivity index (χ0n) is 13.7. The van der Waals surface area contributed by atoms with Gasteiger partial charge in [-0.15, -0.1) is 0 Å². The van der Waals surface area contributed by atoms with E-state index in [1.807, 2.05) is 0 Å². The Balaban J connectivity index is 0.000000217. The first kappa shape index (κ1) is 18.1. The second kappa shape index (κ2) is 9.13. The van der Waals surface area contributed by atoms with Gasteiger partial charge in [0.05, 0.1) is 13.2 Å². The average Bonchev–Trinajstić information content (AvgIpc) is 2.42. The monoisotopic (exact) mass is 304 g/mol. The summed E-state index contributed by atoms with van der Waals surface area (Å²) in [6, 6.07) is 0. The summed E-state index contributed by atoms with van der Waals surface area (Å²) in [5, 5.41) is 0. The van der Waals surface area contributed by atoms with Crippen LogP contribution in [0.3, 0.4) is 0 Å². The topological polar surface area (TPSA) is 32.8 Å². The van der Waals surface area contributed by atoms with E-state index in [9.17, 15) is 4.21 Å². The van der Waals surface area contributed by atoms with Gasteiger partial charge in [-0.05, 0) is 12.0 Å². The predicted octanol–water partition coefficient (Wildman–Crippen LogP) is 1.44. The molecule has 2 rings (SSSR count). The molecular formula is C15H32N2O2S. The molecule has 0 aromatic rings. The molecular weight excluding hydrogens is 272 g/mol. The molecule has 20 heavy (non-hydrogen) atoms. The fraction of sp³-hybridized carbons (Fsp3) is 1.00. The van der Waals surface area contributed by atoms with E-state index in [0.29, 0.717) is 5.41 Å². The third kappa shape index (κ3) is 8.35. The maximum Gasteiger partial charge on any atom is 0.0594 e. The van der Waals surface area contributed by atoms with Crippen molar-refractivity contribution in [2.75, 3.05) is 64.0 Å². The first-order valence-electron chi connectivity index (χ1n) is 7.78. The van der Waals surface area contributed by atoms with Crippen molar-refractivity contribution in [1.29, 1.82) is 0 Å². The van der Waals surface area contributed by atoms with Crippen molar-refractivity contribution in [3.8, 4) is 0 Å². The van der Waals surface area contributed by atoms with Gasteiger partial charge in [0, 0.05) is 55.0 Å². The minimum Gasteiger partial charge on any atom is -0.379 e. The van der Waals surface area contributed by atoms with Crippen LogP contribution in [0.2, 0.25) is 0 Å². The fourth-order valence-corrected chi connectivity index (χ4v) is 3.55. The molecule has 0 aromatic carbocycles. The Morgan fingerprint density at radius 2 is 1.55 bits per heavy atom. The van der Waals surface area contributed by atoms with Crippen molar-refractivity contribution in [2.24, 2.45) is 5.41 Å². The molecule has 4 nitrogen and oxygen atoms in total. The van der Waals surface area contributed by atoms with Gasteiger partial charge in [0.15, 0.2) is 0 Å². The molecule has 0 radical (unpaired) electrons. The standard InChI is InChI=1S/C9H19NOS.C6H13NO/c1-9(2,3)8-10-4-6-12(11)7-5-10;1-2-7-3-5-8-6-4-7/h4-8H2,1-3H3;2-6H2,1H3. The minimum atomic E-state index is -0.531. The molecule has 2 heterocycles. The van der Waals surface area contributed by atoms with Crippen LogP contribution in [0, 0.1) is 5.41 Å². The smallest absolute Gasteiger partial charge is 0.0594 e. The summed E-state index contributed by atoms with van der Waals surface area (Å²) >= 11 is 0. The van der Waals surface area contributed by atoms with E-state index in [-0.39, 0.29) is 0 Å². The van der Waals surface area contributed by atoms with Gasteiger partial charge >= 0.3 is 0 Å². The largest absolute Gasteiger partial charge is 0.379 e. The van der Waals surface area contributed by atoms with E-state index in [4.69, 9.17) is 4.74 Å². The molecule has 0 aliphatic carbocycles. The highest BCUT2D eigenvalue weighted by Crippen LogP contribution is 2.16. The van der Waals surface area contributed by atoms with Crippen LogP contribution in [0.4, 0.5) is 0 Å². The Morgan fingerprint density at radius 3 is 1.95 bits per heavy atom. The Hall–Kier alpha value is 0.0300. The van der Waals surface area contributed by atoms with E-state index >= 15 is 0 Å². The highest BCUT2D eigenvalue weighted by atomic mass is 32.2. The molecule has 5 heteroatoms. The summed E-state index contributed by atoms with van der Waals surface area (Å²) in [5.41, 5.74) is 0.374. The van der Waals surface area contributed by atoms with Crippen LogP contribution in [0.15, 0.2) is 0 Å². The van der Waals surface area contributed by atoms with Gasteiger partial charge in [-0.25, -0.2) is 0 Å². The summed E-state index contributed by atoms with van der Waals surface area (Å²) in [6.45, 7) is 17.4. The van der Waals surface area contributed by atoms with E-state index in [0.717, 1.165) is 57.4 Å². The maximum absolute atomic E-state index is 11.1. The quantitative estimate of drug-likeness (QED) is 0.773. The molecule has 0 aromatic heterocycles. The lowest BCUT2D eigenvalue weighted by Crippen LogP contribution is -2.42. The third-order valence-corrected chi connectivity index (χ3v) is 4.80. The first-order valence-corrected chi connectivity index (χ1v) is 9.27. The lowest BCUT2D eigenvalue weighted by molar-refractivity contribution is 0.0405. The molecule has 0 bridgehead atoms. The van der Waals surface area contributed by atoms with E-state index in [1.54, 1.807) is 0 Å². The van der Waals surface area contributed by atoms with Gasteiger partial charge < -0.3 is 9.64 Å². The van der Waals surface area contributed by atoms with Crippen molar-refractivity contribution in [2.45, 2.75) is 27.7 Å². The Labute approximate surface area is 127 Å². The van der Waals surface area contributed by atoms with Gasteiger partial charge in [-0.1, -0.05) is 27.7 Å². The van der Waals surface area contributed by atoms with Gasteiger partial charge in [-0.2, -0.15) is 0 Å². The molecule has 120 valence electrons. The molecule has 0 saturated carbocycles. The second-order valence-electron chi connectivity index (χ2n) is 6.73.